The molecule has 2 rings (SSSR count). The van der Waals surface area contributed by atoms with Crippen LogP contribution in [0, 0.1) is 0 Å². The summed E-state index contributed by atoms with van der Waals surface area (Å²) in [5.74, 6) is 0. The standard InChI is InChI=1S/C15H29NO/c1-4-14(3,5-2)16-12-13-8-11-15(17-13)9-6-7-10-15/h13,16H,4-12H2,1-3H3. The summed E-state index contributed by atoms with van der Waals surface area (Å²) in [6.07, 6.45) is 10.8. The van der Waals surface area contributed by atoms with E-state index in [2.05, 4.69) is 26.1 Å². The lowest BCUT2D eigenvalue weighted by atomic mass is 9.95. The predicted molar refractivity (Wildman–Crippen MR) is 72.3 cm³/mol. The third-order valence-corrected chi connectivity index (χ3v) is 5.17. The normalized spacial score (nSPS) is 28.1. The summed E-state index contributed by atoms with van der Waals surface area (Å²) >= 11 is 0. The molecule has 2 nitrogen and oxygen atoms in total. The van der Waals surface area contributed by atoms with Crippen molar-refractivity contribution >= 4 is 0 Å². The Hall–Kier alpha value is -0.0800. The molecule has 1 unspecified atom stereocenters. The predicted octanol–water partition coefficient (Wildman–Crippen LogP) is 3.65. The second-order valence-corrected chi connectivity index (χ2v) is 6.32. The van der Waals surface area contributed by atoms with Crippen LogP contribution in [0.3, 0.4) is 0 Å². The van der Waals surface area contributed by atoms with Gasteiger partial charge in [-0.3, -0.25) is 0 Å². The Morgan fingerprint density at radius 3 is 2.41 bits per heavy atom. The van der Waals surface area contributed by atoms with Gasteiger partial charge in [-0.25, -0.2) is 0 Å². The topological polar surface area (TPSA) is 21.3 Å². The van der Waals surface area contributed by atoms with Crippen molar-refractivity contribution in [2.24, 2.45) is 0 Å². The minimum Gasteiger partial charge on any atom is -0.370 e. The third kappa shape index (κ3) is 3.03. The first-order chi connectivity index (χ1) is 8.11. The van der Waals surface area contributed by atoms with Crippen LogP contribution in [0.1, 0.15) is 72.1 Å². The zero-order valence-electron chi connectivity index (χ0n) is 11.8. The quantitative estimate of drug-likeness (QED) is 0.791. The van der Waals surface area contributed by atoms with E-state index in [0.717, 1.165) is 6.54 Å². The molecule has 0 aromatic carbocycles. The Kier molecular flexibility index (Phi) is 4.14. The van der Waals surface area contributed by atoms with Crippen molar-refractivity contribution in [1.29, 1.82) is 0 Å². The van der Waals surface area contributed by atoms with Crippen molar-refractivity contribution in [3.05, 3.63) is 0 Å². The molecule has 1 saturated heterocycles. The molecule has 1 heterocycles. The smallest absolute Gasteiger partial charge is 0.0708 e. The molecule has 1 saturated carbocycles. The highest BCUT2D eigenvalue weighted by atomic mass is 16.5. The van der Waals surface area contributed by atoms with E-state index in [9.17, 15) is 0 Å². The van der Waals surface area contributed by atoms with Crippen LogP contribution in [-0.2, 0) is 4.74 Å². The summed E-state index contributed by atoms with van der Waals surface area (Å²) in [5.41, 5.74) is 0.593. The van der Waals surface area contributed by atoms with Crippen LogP contribution in [0.4, 0.5) is 0 Å². The van der Waals surface area contributed by atoms with E-state index in [1.54, 1.807) is 0 Å². The molecule has 1 aliphatic heterocycles. The molecule has 100 valence electrons. The van der Waals surface area contributed by atoms with Crippen LogP contribution in [0.2, 0.25) is 0 Å². The summed E-state index contributed by atoms with van der Waals surface area (Å²) in [7, 11) is 0. The van der Waals surface area contributed by atoms with E-state index in [4.69, 9.17) is 4.74 Å². The Morgan fingerprint density at radius 2 is 1.82 bits per heavy atom. The third-order valence-electron chi connectivity index (χ3n) is 5.17. The highest BCUT2D eigenvalue weighted by Gasteiger charge is 2.42. The van der Waals surface area contributed by atoms with Gasteiger partial charge in [0, 0.05) is 12.1 Å². The van der Waals surface area contributed by atoms with E-state index in [0.29, 0.717) is 17.2 Å². The average Bonchev–Trinajstić information content (AvgIpc) is 2.97. The van der Waals surface area contributed by atoms with E-state index < -0.39 is 0 Å². The van der Waals surface area contributed by atoms with Gasteiger partial charge in [0.1, 0.15) is 0 Å². The lowest BCUT2D eigenvalue weighted by Crippen LogP contribution is -2.45. The Bertz CT molecular complexity index is 241. The van der Waals surface area contributed by atoms with Gasteiger partial charge in [-0.1, -0.05) is 26.7 Å². The number of ether oxygens (including phenoxy) is 1. The van der Waals surface area contributed by atoms with Crippen LogP contribution >= 0.6 is 0 Å². The fourth-order valence-corrected chi connectivity index (χ4v) is 3.29. The Morgan fingerprint density at radius 1 is 1.18 bits per heavy atom. The van der Waals surface area contributed by atoms with Gasteiger partial charge in [-0.2, -0.15) is 0 Å². The Labute approximate surface area is 107 Å². The molecule has 0 radical (unpaired) electrons. The minimum absolute atomic E-state index is 0.293. The van der Waals surface area contributed by atoms with Crippen molar-refractivity contribution in [2.75, 3.05) is 6.54 Å². The number of rotatable bonds is 5. The van der Waals surface area contributed by atoms with Crippen molar-refractivity contribution in [1.82, 2.24) is 5.32 Å². The second-order valence-electron chi connectivity index (χ2n) is 6.32. The SMILES string of the molecule is CCC(C)(CC)NCC1CCC2(CCCC2)O1. The van der Waals surface area contributed by atoms with Crippen molar-refractivity contribution < 1.29 is 4.74 Å². The van der Waals surface area contributed by atoms with Gasteiger partial charge in [-0.15, -0.1) is 0 Å². The van der Waals surface area contributed by atoms with Crippen LogP contribution in [0.15, 0.2) is 0 Å². The van der Waals surface area contributed by atoms with Gasteiger partial charge in [0.05, 0.1) is 11.7 Å². The first-order valence-corrected chi connectivity index (χ1v) is 7.54. The maximum absolute atomic E-state index is 6.33. The summed E-state index contributed by atoms with van der Waals surface area (Å²) in [6, 6.07) is 0. The van der Waals surface area contributed by atoms with Crippen LogP contribution in [0.5, 0.6) is 0 Å². The van der Waals surface area contributed by atoms with Crippen molar-refractivity contribution in [3.8, 4) is 0 Å². The van der Waals surface area contributed by atoms with Crippen molar-refractivity contribution in [3.63, 3.8) is 0 Å². The average molecular weight is 239 g/mol. The molecule has 2 aliphatic rings. The van der Waals surface area contributed by atoms with Gasteiger partial charge in [0.25, 0.3) is 0 Å². The van der Waals surface area contributed by atoms with E-state index in [1.165, 1.54) is 51.4 Å². The zero-order chi connectivity index (χ0) is 12.4. The summed E-state index contributed by atoms with van der Waals surface area (Å²) in [5, 5.41) is 3.72. The summed E-state index contributed by atoms with van der Waals surface area (Å²) < 4.78 is 6.33. The molecular weight excluding hydrogens is 210 g/mol. The monoisotopic (exact) mass is 239 g/mol. The van der Waals surface area contributed by atoms with Gasteiger partial charge in [0.2, 0.25) is 0 Å². The van der Waals surface area contributed by atoms with Crippen molar-refractivity contribution in [2.45, 2.75) is 89.4 Å². The molecule has 2 heteroatoms. The number of hydrogen-bond donors (Lipinski definition) is 1. The fraction of sp³-hybridized carbons (Fsp3) is 1.00. The molecule has 1 atom stereocenters. The lowest BCUT2D eigenvalue weighted by Gasteiger charge is -2.31. The number of hydrogen-bond acceptors (Lipinski definition) is 2. The van der Waals surface area contributed by atoms with E-state index in [1.807, 2.05) is 0 Å². The first-order valence-electron chi connectivity index (χ1n) is 7.54. The molecule has 1 aliphatic carbocycles. The molecule has 1 spiro atoms. The van der Waals surface area contributed by atoms with E-state index >= 15 is 0 Å². The fourth-order valence-electron chi connectivity index (χ4n) is 3.29. The molecule has 0 aromatic heterocycles. The molecular formula is C15H29NO. The Balaban J connectivity index is 1.78. The van der Waals surface area contributed by atoms with Gasteiger partial charge in [-0.05, 0) is 45.4 Å². The van der Waals surface area contributed by atoms with Crippen LogP contribution < -0.4 is 5.32 Å². The van der Waals surface area contributed by atoms with Crippen LogP contribution in [0.25, 0.3) is 0 Å². The van der Waals surface area contributed by atoms with Gasteiger partial charge < -0.3 is 10.1 Å². The molecule has 0 aromatic rings. The molecule has 2 fully saturated rings. The molecule has 1 N–H and O–H groups in total. The highest BCUT2D eigenvalue weighted by Crippen LogP contribution is 2.43. The molecule has 17 heavy (non-hydrogen) atoms. The minimum atomic E-state index is 0.293. The lowest BCUT2D eigenvalue weighted by molar-refractivity contribution is -0.0374. The molecule has 0 bridgehead atoms. The first kappa shape index (κ1) is 13.4. The second kappa shape index (κ2) is 5.27. The summed E-state index contributed by atoms with van der Waals surface area (Å²) in [4.78, 5) is 0. The maximum atomic E-state index is 6.33. The van der Waals surface area contributed by atoms with Gasteiger partial charge in [0.15, 0.2) is 0 Å². The summed E-state index contributed by atoms with van der Waals surface area (Å²) in [6.45, 7) is 7.90. The maximum Gasteiger partial charge on any atom is 0.0708 e. The largest absolute Gasteiger partial charge is 0.370 e. The van der Waals surface area contributed by atoms with E-state index in [-0.39, 0.29) is 0 Å². The van der Waals surface area contributed by atoms with Crippen LogP contribution in [-0.4, -0.2) is 23.8 Å². The highest BCUT2D eigenvalue weighted by molar-refractivity contribution is 4.94. The van der Waals surface area contributed by atoms with Gasteiger partial charge >= 0.3 is 0 Å². The number of nitrogens with one attached hydrogen (secondary N) is 1. The zero-order valence-corrected chi connectivity index (χ0v) is 11.8. The molecule has 0 amide bonds.